The van der Waals surface area contributed by atoms with E-state index in [1.165, 1.54) is 6.21 Å². The van der Waals surface area contributed by atoms with Crippen molar-refractivity contribution in [3.63, 3.8) is 0 Å². The minimum atomic E-state index is -0.469. The Hall–Kier alpha value is -3.34. The second kappa shape index (κ2) is 6.83. The minimum absolute atomic E-state index is 0.0779. The van der Waals surface area contributed by atoms with Crippen molar-refractivity contribution in [2.24, 2.45) is 5.10 Å². The predicted octanol–water partition coefficient (Wildman–Crippen LogP) is 3.32. The van der Waals surface area contributed by atoms with Gasteiger partial charge in [0.2, 0.25) is 0 Å². The lowest BCUT2D eigenvalue weighted by Crippen LogP contribution is -2.17. The summed E-state index contributed by atoms with van der Waals surface area (Å²) in [7, 11) is 1.60. The van der Waals surface area contributed by atoms with Crippen molar-refractivity contribution in [2.45, 2.75) is 0 Å². The molecular weight excluding hydrogens is 304 g/mol. The van der Waals surface area contributed by atoms with Crippen molar-refractivity contribution < 1.29 is 14.6 Å². The number of carbonyl (C=O) groups is 1. The summed E-state index contributed by atoms with van der Waals surface area (Å²) in [6.07, 6.45) is 1.52. The highest BCUT2D eigenvalue weighted by atomic mass is 16.5. The Balaban J connectivity index is 1.74. The van der Waals surface area contributed by atoms with Gasteiger partial charge in [-0.05, 0) is 52.7 Å². The number of phenols is 1. The molecule has 0 atom stereocenters. The highest BCUT2D eigenvalue weighted by Crippen LogP contribution is 2.24. The van der Waals surface area contributed by atoms with E-state index in [9.17, 15) is 9.90 Å². The van der Waals surface area contributed by atoms with Gasteiger partial charge in [-0.15, -0.1) is 0 Å². The lowest BCUT2D eigenvalue weighted by molar-refractivity contribution is 0.0952. The lowest BCUT2D eigenvalue weighted by atomic mass is 10.1. The zero-order chi connectivity index (χ0) is 16.9. The molecule has 0 aliphatic carbocycles. The van der Waals surface area contributed by atoms with E-state index in [2.05, 4.69) is 10.5 Å². The fourth-order valence-electron chi connectivity index (χ4n) is 2.33. The molecule has 0 unspecified atom stereocenters. The number of nitrogens with zero attached hydrogens (tertiary/aromatic N) is 1. The fraction of sp³-hybridized carbons (Fsp3) is 0.0526. The van der Waals surface area contributed by atoms with Crippen molar-refractivity contribution in [2.75, 3.05) is 7.11 Å². The minimum Gasteiger partial charge on any atom is -0.507 e. The van der Waals surface area contributed by atoms with Gasteiger partial charge in [-0.2, -0.15) is 5.10 Å². The topological polar surface area (TPSA) is 70.9 Å². The number of aromatic hydroxyl groups is 1. The second-order valence-corrected chi connectivity index (χ2v) is 5.19. The largest absolute Gasteiger partial charge is 0.507 e. The normalized spacial score (nSPS) is 10.9. The molecule has 5 heteroatoms. The summed E-state index contributed by atoms with van der Waals surface area (Å²) < 4.78 is 5.08. The van der Waals surface area contributed by atoms with Gasteiger partial charge >= 0.3 is 0 Å². The van der Waals surface area contributed by atoms with Crippen LogP contribution in [0.1, 0.15) is 15.9 Å². The molecule has 120 valence electrons. The smallest absolute Gasteiger partial charge is 0.275 e. The molecule has 1 amide bonds. The third-order valence-corrected chi connectivity index (χ3v) is 3.60. The second-order valence-electron chi connectivity index (χ2n) is 5.19. The molecule has 0 aliphatic rings. The Bertz CT molecular complexity index is 902. The standard InChI is InChI=1S/C19H16N2O3/c1-24-16-8-6-13(7-9-16)12-20-21-19(23)17-10-14-4-2-3-5-15(14)11-18(17)22/h2-12,22H,1H3,(H,21,23)/b20-12+. The van der Waals surface area contributed by atoms with Crippen molar-refractivity contribution in [3.05, 3.63) is 71.8 Å². The summed E-state index contributed by atoms with van der Waals surface area (Å²) in [4.78, 5) is 12.2. The van der Waals surface area contributed by atoms with Gasteiger partial charge in [-0.3, -0.25) is 4.79 Å². The molecule has 0 spiro atoms. The number of phenolic OH excluding ortho intramolecular Hbond substituents is 1. The van der Waals surface area contributed by atoms with E-state index in [0.717, 1.165) is 22.1 Å². The Morgan fingerprint density at radius 1 is 1.08 bits per heavy atom. The van der Waals surface area contributed by atoms with Crippen LogP contribution in [0.3, 0.4) is 0 Å². The van der Waals surface area contributed by atoms with Crippen molar-refractivity contribution >= 4 is 22.9 Å². The third-order valence-electron chi connectivity index (χ3n) is 3.60. The summed E-state index contributed by atoms with van der Waals surface area (Å²) in [5.74, 6) is 0.200. The molecule has 0 aromatic heterocycles. The van der Waals surface area contributed by atoms with Crippen LogP contribution in [0.2, 0.25) is 0 Å². The first-order chi connectivity index (χ1) is 11.7. The Labute approximate surface area is 139 Å². The molecule has 0 radical (unpaired) electrons. The van der Waals surface area contributed by atoms with Gasteiger partial charge in [0, 0.05) is 0 Å². The van der Waals surface area contributed by atoms with Gasteiger partial charge in [0.15, 0.2) is 0 Å². The van der Waals surface area contributed by atoms with Crippen LogP contribution in [-0.2, 0) is 0 Å². The van der Waals surface area contributed by atoms with Crippen molar-refractivity contribution in [1.29, 1.82) is 0 Å². The van der Waals surface area contributed by atoms with Crippen LogP contribution in [0.4, 0.5) is 0 Å². The number of rotatable bonds is 4. The Kier molecular flexibility index (Phi) is 4.43. The lowest BCUT2D eigenvalue weighted by Gasteiger charge is -2.05. The van der Waals surface area contributed by atoms with Gasteiger partial charge in [0.05, 0.1) is 18.9 Å². The van der Waals surface area contributed by atoms with E-state index in [4.69, 9.17) is 4.74 Å². The van der Waals surface area contributed by atoms with Crippen LogP contribution in [0, 0.1) is 0 Å². The molecule has 3 aromatic carbocycles. The van der Waals surface area contributed by atoms with Gasteiger partial charge in [0.25, 0.3) is 5.91 Å². The van der Waals surface area contributed by atoms with E-state index < -0.39 is 5.91 Å². The number of hydrazone groups is 1. The Morgan fingerprint density at radius 2 is 1.75 bits per heavy atom. The molecule has 0 heterocycles. The quantitative estimate of drug-likeness (QED) is 0.572. The van der Waals surface area contributed by atoms with Gasteiger partial charge in [-0.1, -0.05) is 24.3 Å². The molecule has 3 aromatic rings. The van der Waals surface area contributed by atoms with E-state index >= 15 is 0 Å². The molecule has 2 N–H and O–H groups in total. The van der Waals surface area contributed by atoms with E-state index in [-0.39, 0.29) is 11.3 Å². The van der Waals surface area contributed by atoms with Crippen LogP contribution in [0.15, 0.2) is 65.8 Å². The number of fused-ring (bicyclic) bond motifs is 1. The van der Waals surface area contributed by atoms with E-state index in [1.807, 2.05) is 36.4 Å². The molecule has 5 nitrogen and oxygen atoms in total. The highest BCUT2D eigenvalue weighted by molar-refractivity contribution is 6.01. The first kappa shape index (κ1) is 15.6. The molecule has 3 rings (SSSR count). The number of hydrogen-bond acceptors (Lipinski definition) is 4. The summed E-state index contributed by atoms with van der Waals surface area (Å²) in [6.45, 7) is 0. The monoisotopic (exact) mass is 320 g/mol. The summed E-state index contributed by atoms with van der Waals surface area (Å²) >= 11 is 0. The number of nitrogens with one attached hydrogen (secondary N) is 1. The first-order valence-electron chi connectivity index (χ1n) is 7.36. The highest BCUT2D eigenvalue weighted by Gasteiger charge is 2.11. The van der Waals surface area contributed by atoms with Gasteiger partial charge < -0.3 is 9.84 Å². The average molecular weight is 320 g/mol. The van der Waals surface area contributed by atoms with E-state index in [1.54, 1.807) is 31.4 Å². The van der Waals surface area contributed by atoms with E-state index in [0.29, 0.717) is 0 Å². The number of hydrogen-bond donors (Lipinski definition) is 2. The third kappa shape index (κ3) is 3.35. The van der Waals surface area contributed by atoms with Crippen molar-refractivity contribution in [1.82, 2.24) is 5.43 Å². The summed E-state index contributed by atoms with van der Waals surface area (Å²) in [5.41, 5.74) is 3.42. The SMILES string of the molecule is COc1ccc(/C=N/NC(=O)c2cc3ccccc3cc2O)cc1. The van der Waals surface area contributed by atoms with Crippen LogP contribution in [0.25, 0.3) is 10.8 Å². The molecule has 0 fully saturated rings. The number of methoxy groups -OCH3 is 1. The number of ether oxygens (including phenoxy) is 1. The van der Waals surface area contributed by atoms with Crippen LogP contribution in [-0.4, -0.2) is 24.3 Å². The van der Waals surface area contributed by atoms with Gasteiger partial charge in [0.1, 0.15) is 11.5 Å². The molecule has 0 saturated heterocycles. The molecule has 0 aliphatic heterocycles. The maximum atomic E-state index is 12.2. The zero-order valence-corrected chi connectivity index (χ0v) is 13.1. The zero-order valence-electron chi connectivity index (χ0n) is 13.1. The molecule has 0 saturated carbocycles. The summed E-state index contributed by atoms with van der Waals surface area (Å²) in [5, 5.41) is 15.7. The number of benzene rings is 3. The Morgan fingerprint density at radius 3 is 2.42 bits per heavy atom. The predicted molar refractivity (Wildman–Crippen MR) is 93.7 cm³/mol. The van der Waals surface area contributed by atoms with Crippen LogP contribution < -0.4 is 10.2 Å². The number of amides is 1. The maximum Gasteiger partial charge on any atom is 0.275 e. The molecule has 24 heavy (non-hydrogen) atoms. The fourth-order valence-corrected chi connectivity index (χ4v) is 2.33. The maximum absolute atomic E-state index is 12.2. The average Bonchev–Trinajstić information content (AvgIpc) is 2.61. The molecule has 0 bridgehead atoms. The first-order valence-corrected chi connectivity index (χ1v) is 7.36. The summed E-state index contributed by atoms with van der Waals surface area (Å²) in [6, 6.07) is 18.0. The van der Waals surface area contributed by atoms with Crippen molar-refractivity contribution in [3.8, 4) is 11.5 Å². The number of carbonyl (C=O) groups excluding carboxylic acids is 1. The molecular formula is C19H16N2O3. The van der Waals surface area contributed by atoms with Crippen LogP contribution >= 0.6 is 0 Å². The van der Waals surface area contributed by atoms with Gasteiger partial charge in [-0.25, -0.2) is 5.43 Å². The van der Waals surface area contributed by atoms with Crippen LogP contribution in [0.5, 0.6) is 11.5 Å².